The fraction of sp³-hybridized carbons (Fsp3) is 0.562. The Morgan fingerprint density at radius 3 is 2.95 bits per heavy atom. The minimum Gasteiger partial charge on any atom is -0.496 e. The molecule has 0 radical (unpaired) electrons. The standard InChI is InChI=1S/C16H24N2O3/c1-11-4-5-15(21-3)14(8-11)12(2)17-16(20)18-7-6-13(9-18)10-19/h4-5,8,12-13,19H,6-7,9-10H2,1-3H3,(H,17,20). The lowest BCUT2D eigenvalue weighted by molar-refractivity contribution is 0.195. The van der Waals surface area contributed by atoms with E-state index in [1.165, 1.54) is 0 Å². The van der Waals surface area contributed by atoms with Gasteiger partial charge in [-0.25, -0.2) is 4.79 Å². The molecule has 116 valence electrons. The van der Waals surface area contributed by atoms with Crippen LogP contribution in [0.3, 0.4) is 0 Å². The maximum Gasteiger partial charge on any atom is 0.317 e. The van der Waals surface area contributed by atoms with Crippen LogP contribution >= 0.6 is 0 Å². The van der Waals surface area contributed by atoms with E-state index in [0.717, 1.165) is 23.3 Å². The van der Waals surface area contributed by atoms with Crippen LogP contribution in [-0.2, 0) is 0 Å². The maximum absolute atomic E-state index is 12.3. The summed E-state index contributed by atoms with van der Waals surface area (Å²) in [6, 6.07) is 5.74. The van der Waals surface area contributed by atoms with Gasteiger partial charge in [0.05, 0.1) is 13.2 Å². The van der Waals surface area contributed by atoms with Gasteiger partial charge in [-0.15, -0.1) is 0 Å². The fourth-order valence-electron chi connectivity index (χ4n) is 2.71. The van der Waals surface area contributed by atoms with Crippen LogP contribution in [0.1, 0.15) is 30.5 Å². The maximum atomic E-state index is 12.3. The summed E-state index contributed by atoms with van der Waals surface area (Å²) in [5, 5.41) is 12.2. The van der Waals surface area contributed by atoms with Gasteiger partial charge < -0.3 is 20.1 Å². The molecule has 0 bridgehead atoms. The van der Waals surface area contributed by atoms with Crippen molar-refractivity contribution in [2.45, 2.75) is 26.3 Å². The second-order valence-corrected chi connectivity index (χ2v) is 5.70. The molecule has 1 aliphatic heterocycles. The van der Waals surface area contributed by atoms with E-state index in [9.17, 15) is 4.79 Å². The fourth-order valence-corrected chi connectivity index (χ4v) is 2.71. The number of carbonyl (C=O) groups is 1. The minimum atomic E-state index is -0.125. The van der Waals surface area contributed by atoms with E-state index < -0.39 is 0 Å². The molecule has 1 aromatic carbocycles. The van der Waals surface area contributed by atoms with Crippen LogP contribution in [0.15, 0.2) is 18.2 Å². The summed E-state index contributed by atoms with van der Waals surface area (Å²) in [5.41, 5.74) is 2.11. The molecule has 0 spiro atoms. The number of urea groups is 1. The lowest BCUT2D eigenvalue weighted by Gasteiger charge is -2.22. The number of likely N-dealkylation sites (tertiary alicyclic amines) is 1. The largest absolute Gasteiger partial charge is 0.496 e. The van der Waals surface area contributed by atoms with Gasteiger partial charge in [0.1, 0.15) is 5.75 Å². The summed E-state index contributed by atoms with van der Waals surface area (Å²) in [4.78, 5) is 14.0. The highest BCUT2D eigenvalue weighted by Crippen LogP contribution is 2.26. The molecule has 1 fully saturated rings. The predicted octanol–water partition coefficient (Wildman–Crippen LogP) is 2.09. The molecule has 2 amide bonds. The number of benzene rings is 1. The number of nitrogens with one attached hydrogen (secondary N) is 1. The van der Waals surface area contributed by atoms with Crippen molar-refractivity contribution in [2.24, 2.45) is 5.92 Å². The Morgan fingerprint density at radius 1 is 1.57 bits per heavy atom. The molecule has 0 saturated carbocycles. The van der Waals surface area contributed by atoms with E-state index in [2.05, 4.69) is 5.32 Å². The van der Waals surface area contributed by atoms with Crippen LogP contribution in [0.5, 0.6) is 5.75 Å². The summed E-state index contributed by atoms with van der Waals surface area (Å²) in [7, 11) is 1.63. The third kappa shape index (κ3) is 3.67. The molecule has 1 saturated heterocycles. The number of amides is 2. The second kappa shape index (κ2) is 6.80. The van der Waals surface area contributed by atoms with Gasteiger partial charge in [0.2, 0.25) is 0 Å². The number of hydrogen-bond acceptors (Lipinski definition) is 3. The molecule has 1 aromatic rings. The Bertz CT molecular complexity index is 504. The summed E-state index contributed by atoms with van der Waals surface area (Å²) in [6.45, 7) is 5.44. The molecular weight excluding hydrogens is 268 g/mol. The van der Waals surface area contributed by atoms with Crippen molar-refractivity contribution in [3.8, 4) is 5.75 Å². The first-order valence-electron chi connectivity index (χ1n) is 7.36. The Hall–Kier alpha value is -1.75. The van der Waals surface area contributed by atoms with Gasteiger partial charge in [0, 0.05) is 31.2 Å². The van der Waals surface area contributed by atoms with Gasteiger partial charge in [-0.3, -0.25) is 0 Å². The minimum absolute atomic E-state index is 0.0815. The summed E-state index contributed by atoms with van der Waals surface area (Å²) in [6.07, 6.45) is 0.867. The van der Waals surface area contributed by atoms with E-state index in [0.29, 0.717) is 13.1 Å². The van der Waals surface area contributed by atoms with Crippen LogP contribution in [0, 0.1) is 12.8 Å². The molecular formula is C16H24N2O3. The van der Waals surface area contributed by atoms with Crippen molar-refractivity contribution in [3.63, 3.8) is 0 Å². The summed E-state index contributed by atoms with van der Waals surface area (Å²) in [5.74, 6) is 0.989. The second-order valence-electron chi connectivity index (χ2n) is 5.70. The van der Waals surface area contributed by atoms with Crippen molar-refractivity contribution >= 4 is 6.03 Å². The van der Waals surface area contributed by atoms with E-state index in [1.54, 1.807) is 12.0 Å². The van der Waals surface area contributed by atoms with Crippen molar-refractivity contribution < 1.29 is 14.6 Å². The normalized spacial score (nSPS) is 19.4. The van der Waals surface area contributed by atoms with E-state index in [1.807, 2.05) is 32.0 Å². The molecule has 5 nitrogen and oxygen atoms in total. The topological polar surface area (TPSA) is 61.8 Å². The number of methoxy groups -OCH3 is 1. The number of rotatable bonds is 4. The zero-order valence-electron chi connectivity index (χ0n) is 12.9. The smallest absolute Gasteiger partial charge is 0.317 e. The lowest BCUT2D eigenvalue weighted by Crippen LogP contribution is -2.39. The average Bonchev–Trinajstić information content (AvgIpc) is 2.96. The van der Waals surface area contributed by atoms with Gasteiger partial charge in [-0.1, -0.05) is 17.7 Å². The van der Waals surface area contributed by atoms with Crippen molar-refractivity contribution in [2.75, 3.05) is 26.8 Å². The molecule has 0 aliphatic carbocycles. The van der Waals surface area contributed by atoms with E-state index >= 15 is 0 Å². The Balaban J connectivity index is 2.02. The van der Waals surface area contributed by atoms with Gasteiger partial charge in [0.25, 0.3) is 0 Å². The summed E-state index contributed by atoms with van der Waals surface area (Å²) < 4.78 is 5.37. The lowest BCUT2D eigenvalue weighted by atomic mass is 10.0. The quantitative estimate of drug-likeness (QED) is 0.893. The monoisotopic (exact) mass is 292 g/mol. The number of hydrogen-bond donors (Lipinski definition) is 2. The van der Waals surface area contributed by atoms with Gasteiger partial charge in [-0.2, -0.15) is 0 Å². The number of aliphatic hydroxyl groups excluding tert-OH is 1. The SMILES string of the molecule is COc1ccc(C)cc1C(C)NC(=O)N1CCC(CO)C1. The molecule has 2 N–H and O–H groups in total. The third-order valence-corrected chi connectivity index (χ3v) is 4.02. The molecule has 1 aliphatic rings. The average molecular weight is 292 g/mol. The molecule has 2 atom stereocenters. The highest BCUT2D eigenvalue weighted by molar-refractivity contribution is 5.75. The zero-order valence-corrected chi connectivity index (χ0v) is 12.9. The first kappa shape index (κ1) is 15.6. The number of nitrogens with zero attached hydrogens (tertiary/aromatic N) is 1. The highest BCUT2D eigenvalue weighted by atomic mass is 16.5. The van der Waals surface area contributed by atoms with Crippen LogP contribution in [0.25, 0.3) is 0 Å². The third-order valence-electron chi connectivity index (χ3n) is 4.02. The van der Waals surface area contributed by atoms with Gasteiger partial charge in [-0.05, 0) is 26.3 Å². The molecule has 2 unspecified atom stereocenters. The molecule has 0 aromatic heterocycles. The first-order chi connectivity index (χ1) is 10.0. The van der Waals surface area contributed by atoms with Crippen LogP contribution in [-0.4, -0.2) is 42.8 Å². The van der Waals surface area contributed by atoms with Crippen LogP contribution < -0.4 is 10.1 Å². The van der Waals surface area contributed by atoms with Gasteiger partial charge in [0.15, 0.2) is 0 Å². The number of carbonyl (C=O) groups excluding carboxylic acids is 1. The highest BCUT2D eigenvalue weighted by Gasteiger charge is 2.26. The Morgan fingerprint density at radius 2 is 2.33 bits per heavy atom. The van der Waals surface area contributed by atoms with E-state index in [-0.39, 0.29) is 24.6 Å². The van der Waals surface area contributed by atoms with Crippen LogP contribution in [0.4, 0.5) is 4.79 Å². The Kier molecular flexibility index (Phi) is 5.07. The number of ether oxygens (including phenoxy) is 1. The number of aliphatic hydroxyl groups is 1. The van der Waals surface area contributed by atoms with Crippen molar-refractivity contribution in [3.05, 3.63) is 29.3 Å². The van der Waals surface area contributed by atoms with Crippen LogP contribution in [0.2, 0.25) is 0 Å². The molecule has 21 heavy (non-hydrogen) atoms. The predicted molar refractivity (Wildman–Crippen MR) is 81.4 cm³/mol. The van der Waals surface area contributed by atoms with Crippen molar-refractivity contribution in [1.29, 1.82) is 0 Å². The first-order valence-corrected chi connectivity index (χ1v) is 7.36. The summed E-state index contributed by atoms with van der Waals surface area (Å²) >= 11 is 0. The Labute approximate surface area is 125 Å². The van der Waals surface area contributed by atoms with Crippen molar-refractivity contribution in [1.82, 2.24) is 10.2 Å². The molecule has 2 rings (SSSR count). The molecule has 1 heterocycles. The number of aryl methyl sites for hydroxylation is 1. The zero-order chi connectivity index (χ0) is 15.4. The van der Waals surface area contributed by atoms with Gasteiger partial charge >= 0.3 is 6.03 Å². The van der Waals surface area contributed by atoms with E-state index in [4.69, 9.17) is 9.84 Å². The molecule has 5 heteroatoms.